The summed E-state index contributed by atoms with van der Waals surface area (Å²) in [6, 6.07) is 19.3. The predicted octanol–water partition coefficient (Wildman–Crippen LogP) is 5.08. The molecule has 2 N–H and O–H groups in total. The fourth-order valence-electron chi connectivity index (χ4n) is 3.49. The number of nitrogens with zero attached hydrogens (tertiary/aromatic N) is 1. The van der Waals surface area contributed by atoms with Gasteiger partial charge in [-0.3, -0.25) is 14.4 Å². The number of nitrogens with one attached hydrogen (secondary N) is 2. The maximum atomic E-state index is 14.2. The van der Waals surface area contributed by atoms with Crippen molar-refractivity contribution in [1.29, 1.82) is 0 Å². The predicted molar refractivity (Wildman–Crippen MR) is 126 cm³/mol. The molecule has 0 saturated carbocycles. The van der Waals surface area contributed by atoms with Gasteiger partial charge in [0.2, 0.25) is 0 Å². The molecular weight excluding hydrogens is 445 g/mol. The summed E-state index contributed by atoms with van der Waals surface area (Å²) in [5.41, 5.74) is 2.04. The lowest BCUT2D eigenvalue weighted by Gasteiger charge is -2.16. The van der Waals surface area contributed by atoms with Gasteiger partial charge in [0.25, 0.3) is 17.7 Å². The van der Waals surface area contributed by atoms with Gasteiger partial charge in [0, 0.05) is 16.9 Å². The van der Waals surface area contributed by atoms with Crippen LogP contribution in [-0.4, -0.2) is 17.7 Å². The van der Waals surface area contributed by atoms with E-state index in [4.69, 9.17) is 11.6 Å². The molecule has 33 heavy (non-hydrogen) atoms. The maximum Gasteiger partial charge on any atom is 0.283 e. The van der Waals surface area contributed by atoms with Crippen LogP contribution >= 0.6 is 11.6 Å². The molecule has 3 aromatic rings. The molecule has 3 amide bonds. The topological polar surface area (TPSA) is 78.5 Å². The summed E-state index contributed by atoms with van der Waals surface area (Å²) < 4.78 is 14.2. The molecule has 1 aliphatic rings. The molecule has 0 fully saturated rings. The van der Waals surface area contributed by atoms with Gasteiger partial charge in [0.1, 0.15) is 16.5 Å². The number of para-hydroxylation sites is 2. The van der Waals surface area contributed by atoms with Crippen molar-refractivity contribution in [2.75, 3.05) is 15.5 Å². The third-order valence-corrected chi connectivity index (χ3v) is 5.51. The molecular formula is C25H19ClFN3O3. The van der Waals surface area contributed by atoms with Crippen molar-refractivity contribution in [2.24, 2.45) is 0 Å². The second-order valence-corrected chi connectivity index (χ2v) is 7.63. The van der Waals surface area contributed by atoms with Crippen LogP contribution in [0.2, 0.25) is 0 Å². The first-order chi connectivity index (χ1) is 15.9. The highest BCUT2D eigenvalue weighted by atomic mass is 35.5. The van der Waals surface area contributed by atoms with Crippen molar-refractivity contribution < 1.29 is 18.8 Å². The first-order valence-corrected chi connectivity index (χ1v) is 10.6. The minimum absolute atomic E-state index is 0.190. The molecule has 8 heteroatoms. The lowest BCUT2D eigenvalue weighted by molar-refractivity contribution is -0.120. The van der Waals surface area contributed by atoms with Crippen molar-refractivity contribution in [3.63, 3.8) is 0 Å². The summed E-state index contributed by atoms with van der Waals surface area (Å²) in [6.07, 6.45) is 0.763. The molecule has 3 aromatic carbocycles. The van der Waals surface area contributed by atoms with Crippen molar-refractivity contribution in [3.8, 4) is 0 Å². The molecule has 1 aliphatic heterocycles. The Kier molecular flexibility index (Phi) is 6.24. The molecule has 0 atom stereocenters. The maximum absolute atomic E-state index is 14.2. The van der Waals surface area contributed by atoms with E-state index >= 15 is 0 Å². The van der Waals surface area contributed by atoms with E-state index in [1.54, 1.807) is 18.2 Å². The smallest absolute Gasteiger partial charge is 0.283 e. The molecule has 0 radical (unpaired) electrons. The van der Waals surface area contributed by atoms with Crippen LogP contribution in [0.15, 0.2) is 83.5 Å². The summed E-state index contributed by atoms with van der Waals surface area (Å²) in [5, 5.41) is 5.32. The number of carbonyl (C=O) groups excluding carboxylic acids is 3. The second kappa shape index (κ2) is 9.26. The average molecular weight is 464 g/mol. The fourth-order valence-corrected chi connectivity index (χ4v) is 3.70. The van der Waals surface area contributed by atoms with Gasteiger partial charge in [-0.2, -0.15) is 0 Å². The number of imide groups is 1. The Hall–Kier alpha value is -3.97. The van der Waals surface area contributed by atoms with Gasteiger partial charge in [0.05, 0.1) is 5.69 Å². The van der Waals surface area contributed by atoms with E-state index in [2.05, 4.69) is 10.6 Å². The molecule has 6 nitrogen and oxygen atoms in total. The zero-order valence-electron chi connectivity index (χ0n) is 17.6. The lowest BCUT2D eigenvalue weighted by atomic mass is 10.1. The highest BCUT2D eigenvalue weighted by Gasteiger charge is 2.40. The van der Waals surface area contributed by atoms with Crippen molar-refractivity contribution in [2.45, 2.75) is 13.3 Å². The van der Waals surface area contributed by atoms with E-state index < -0.39 is 17.6 Å². The summed E-state index contributed by atoms with van der Waals surface area (Å²) in [6.45, 7) is 2.00. The van der Waals surface area contributed by atoms with Gasteiger partial charge in [0.15, 0.2) is 0 Å². The Labute approximate surface area is 194 Å². The fraction of sp³-hybridized carbons (Fsp3) is 0.0800. The monoisotopic (exact) mass is 463 g/mol. The number of halogens is 2. The van der Waals surface area contributed by atoms with E-state index in [0.717, 1.165) is 18.1 Å². The molecule has 0 unspecified atom stereocenters. The Bertz CT molecular complexity index is 1310. The lowest BCUT2D eigenvalue weighted by Crippen LogP contribution is -2.33. The Morgan fingerprint density at radius 2 is 1.70 bits per heavy atom. The number of hydrogen-bond donors (Lipinski definition) is 2. The first-order valence-electron chi connectivity index (χ1n) is 10.2. The Morgan fingerprint density at radius 1 is 0.970 bits per heavy atom. The van der Waals surface area contributed by atoms with Crippen molar-refractivity contribution >= 4 is 46.4 Å². The van der Waals surface area contributed by atoms with Gasteiger partial charge >= 0.3 is 0 Å². The zero-order chi connectivity index (χ0) is 23.5. The van der Waals surface area contributed by atoms with Crippen LogP contribution in [-0.2, 0) is 16.0 Å². The number of rotatable bonds is 6. The summed E-state index contributed by atoms with van der Waals surface area (Å²) >= 11 is 6.12. The molecule has 166 valence electrons. The normalized spacial score (nSPS) is 13.5. The number of carbonyl (C=O) groups is 3. The van der Waals surface area contributed by atoms with Crippen LogP contribution in [0.25, 0.3) is 0 Å². The second-order valence-electron chi connectivity index (χ2n) is 7.26. The van der Waals surface area contributed by atoms with E-state index in [-0.39, 0.29) is 22.3 Å². The average Bonchev–Trinajstić information content (AvgIpc) is 3.03. The molecule has 1 heterocycles. The van der Waals surface area contributed by atoms with Crippen molar-refractivity contribution in [1.82, 2.24) is 0 Å². The molecule has 4 rings (SSSR count). The largest absolute Gasteiger partial charge is 0.350 e. The van der Waals surface area contributed by atoms with E-state index in [9.17, 15) is 18.8 Å². The van der Waals surface area contributed by atoms with Crippen LogP contribution < -0.4 is 15.5 Å². The van der Waals surface area contributed by atoms with Crippen LogP contribution in [0.4, 0.5) is 21.5 Å². The number of anilines is 3. The van der Waals surface area contributed by atoms with E-state index in [0.29, 0.717) is 21.8 Å². The zero-order valence-corrected chi connectivity index (χ0v) is 18.3. The Balaban J connectivity index is 1.56. The number of benzene rings is 3. The van der Waals surface area contributed by atoms with Crippen LogP contribution in [0.5, 0.6) is 0 Å². The van der Waals surface area contributed by atoms with Gasteiger partial charge in [-0.25, -0.2) is 9.29 Å². The summed E-state index contributed by atoms with van der Waals surface area (Å²) in [4.78, 5) is 38.9. The minimum atomic E-state index is -0.834. The third-order valence-electron chi connectivity index (χ3n) is 5.16. The van der Waals surface area contributed by atoms with E-state index in [1.807, 2.05) is 31.2 Å². The highest BCUT2D eigenvalue weighted by molar-refractivity contribution is 6.53. The van der Waals surface area contributed by atoms with Gasteiger partial charge in [-0.1, -0.05) is 54.9 Å². The van der Waals surface area contributed by atoms with Crippen LogP contribution in [0.1, 0.15) is 22.8 Å². The number of hydrogen-bond acceptors (Lipinski definition) is 4. The molecule has 0 bridgehead atoms. The van der Waals surface area contributed by atoms with Gasteiger partial charge < -0.3 is 10.6 Å². The van der Waals surface area contributed by atoms with Gasteiger partial charge in [-0.15, -0.1) is 0 Å². The van der Waals surface area contributed by atoms with Gasteiger partial charge in [-0.05, 0) is 48.4 Å². The quantitative estimate of drug-likeness (QED) is 0.500. The molecule has 0 saturated heterocycles. The minimum Gasteiger partial charge on any atom is -0.350 e. The van der Waals surface area contributed by atoms with Crippen LogP contribution in [0, 0.1) is 5.82 Å². The third kappa shape index (κ3) is 4.36. The summed E-state index contributed by atoms with van der Waals surface area (Å²) in [5.74, 6) is -2.68. The van der Waals surface area contributed by atoms with Crippen molar-refractivity contribution in [3.05, 3.63) is 100 Å². The van der Waals surface area contributed by atoms with Crippen LogP contribution in [0.3, 0.4) is 0 Å². The Morgan fingerprint density at radius 3 is 2.45 bits per heavy atom. The number of amides is 3. The summed E-state index contributed by atoms with van der Waals surface area (Å²) in [7, 11) is 0. The standard InChI is InChI=1S/C25H19ClFN3O3/c1-2-15-8-3-5-12-19(15)29-23(31)16-9-7-10-17(14-16)28-22-21(26)24(32)30(25(22)33)20-13-6-4-11-18(20)27/h3-14,28H,2H2,1H3,(H,29,31). The molecule has 0 aliphatic carbocycles. The SMILES string of the molecule is CCc1ccccc1NC(=O)c1cccc(NC2=C(Cl)C(=O)N(c3ccccc3F)C2=O)c1. The molecule has 0 aromatic heterocycles. The highest BCUT2D eigenvalue weighted by Crippen LogP contribution is 2.31. The number of aryl methyl sites for hydroxylation is 1. The molecule has 0 spiro atoms. The first kappa shape index (κ1) is 22.2. The van der Waals surface area contributed by atoms with E-state index in [1.165, 1.54) is 24.3 Å².